The lowest BCUT2D eigenvalue weighted by Crippen LogP contribution is -2.35. The van der Waals surface area contributed by atoms with Crippen molar-refractivity contribution >= 4 is 16.9 Å². The molecule has 1 saturated heterocycles. The highest BCUT2D eigenvalue weighted by Crippen LogP contribution is 2.23. The van der Waals surface area contributed by atoms with E-state index in [2.05, 4.69) is 32.3 Å². The molecular formula is C25H27FN6O. The van der Waals surface area contributed by atoms with Crippen molar-refractivity contribution in [2.24, 2.45) is 0 Å². The summed E-state index contributed by atoms with van der Waals surface area (Å²) in [6, 6.07) is 12.7. The maximum absolute atomic E-state index is 13.2. The summed E-state index contributed by atoms with van der Waals surface area (Å²) >= 11 is 0. The number of rotatable bonds is 6. The van der Waals surface area contributed by atoms with Gasteiger partial charge in [-0.3, -0.25) is 14.5 Å². The lowest BCUT2D eigenvalue weighted by Gasteiger charge is -2.29. The number of likely N-dealkylation sites (tertiary alicyclic amines) is 1. The molecule has 4 aromatic rings. The summed E-state index contributed by atoms with van der Waals surface area (Å²) in [4.78, 5) is 16.0. The van der Waals surface area contributed by atoms with Crippen molar-refractivity contribution in [3.05, 3.63) is 78.1 Å². The molecule has 3 heterocycles. The number of hydrogen-bond donors (Lipinski definition) is 2. The van der Waals surface area contributed by atoms with E-state index in [9.17, 15) is 9.50 Å². The quantitative estimate of drug-likeness (QED) is 0.465. The van der Waals surface area contributed by atoms with Crippen molar-refractivity contribution < 1.29 is 9.50 Å². The summed E-state index contributed by atoms with van der Waals surface area (Å²) in [7, 11) is 0. The van der Waals surface area contributed by atoms with Gasteiger partial charge in [-0.2, -0.15) is 0 Å². The summed E-state index contributed by atoms with van der Waals surface area (Å²) in [5.74, 6) is 1.05. The molecule has 2 aromatic carbocycles. The van der Waals surface area contributed by atoms with Crippen LogP contribution in [0.5, 0.6) is 0 Å². The van der Waals surface area contributed by atoms with Gasteiger partial charge in [0.2, 0.25) is 0 Å². The second kappa shape index (κ2) is 9.25. The molecule has 1 aliphatic heterocycles. The zero-order chi connectivity index (χ0) is 22.8. The highest BCUT2D eigenvalue weighted by Gasteiger charge is 2.17. The molecule has 0 saturated carbocycles. The van der Waals surface area contributed by atoms with Crippen molar-refractivity contribution in [2.75, 3.05) is 18.4 Å². The monoisotopic (exact) mass is 446 g/mol. The molecule has 1 aliphatic rings. The summed E-state index contributed by atoms with van der Waals surface area (Å²) in [6.07, 6.45) is 6.64. The van der Waals surface area contributed by atoms with Crippen LogP contribution in [0.4, 0.5) is 10.2 Å². The van der Waals surface area contributed by atoms with Crippen molar-refractivity contribution in [1.82, 2.24) is 24.4 Å². The Labute approximate surface area is 191 Å². The number of nitrogens with zero attached hydrogens (tertiary/aromatic N) is 5. The Morgan fingerprint density at radius 3 is 2.70 bits per heavy atom. The van der Waals surface area contributed by atoms with Crippen LogP contribution in [0.25, 0.3) is 16.9 Å². The van der Waals surface area contributed by atoms with E-state index in [0.29, 0.717) is 11.6 Å². The van der Waals surface area contributed by atoms with Gasteiger partial charge in [-0.25, -0.2) is 14.4 Å². The Bertz CT molecular complexity index is 1230. The van der Waals surface area contributed by atoms with Gasteiger partial charge >= 0.3 is 0 Å². The van der Waals surface area contributed by atoms with E-state index >= 15 is 0 Å². The highest BCUT2D eigenvalue weighted by atomic mass is 19.1. The first-order valence-corrected chi connectivity index (χ1v) is 11.3. The molecule has 0 aliphatic carbocycles. The number of nitrogens with one attached hydrogen (secondary N) is 1. The van der Waals surface area contributed by atoms with Crippen molar-refractivity contribution in [3.63, 3.8) is 0 Å². The van der Waals surface area contributed by atoms with Gasteiger partial charge < -0.3 is 10.4 Å². The number of aliphatic hydroxyl groups is 1. The molecule has 8 heteroatoms. The van der Waals surface area contributed by atoms with Crippen LogP contribution in [-0.2, 0) is 6.54 Å². The van der Waals surface area contributed by atoms with E-state index in [1.165, 1.54) is 17.7 Å². The Morgan fingerprint density at radius 1 is 1.12 bits per heavy atom. The van der Waals surface area contributed by atoms with Gasteiger partial charge in [0.1, 0.15) is 18.0 Å². The molecule has 7 nitrogen and oxygen atoms in total. The minimum absolute atomic E-state index is 0.0515. The molecule has 0 radical (unpaired) electrons. The summed E-state index contributed by atoms with van der Waals surface area (Å²) in [6.45, 7) is 4.66. The van der Waals surface area contributed by atoms with Gasteiger partial charge in [-0.05, 0) is 55.2 Å². The Kier molecular flexibility index (Phi) is 6.02. The molecule has 1 fully saturated rings. The third-order valence-corrected chi connectivity index (χ3v) is 6.18. The molecule has 1 atom stereocenters. The number of halogens is 1. The number of piperidine rings is 1. The van der Waals surface area contributed by atoms with Gasteiger partial charge in [0, 0.05) is 25.7 Å². The van der Waals surface area contributed by atoms with Crippen LogP contribution >= 0.6 is 0 Å². The zero-order valence-corrected chi connectivity index (χ0v) is 18.5. The fourth-order valence-corrected chi connectivity index (χ4v) is 4.27. The number of aromatic nitrogens is 4. The largest absolute Gasteiger partial charge is 0.393 e. The first-order chi connectivity index (χ1) is 16.0. The van der Waals surface area contributed by atoms with E-state index < -0.39 is 0 Å². The average Bonchev–Trinajstić information content (AvgIpc) is 3.24. The number of benzene rings is 2. The normalized spacial score (nSPS) is 16.2. The first-order valence-electron chi connectivity index (χ1n) is 11.3. The molecule has 0 unspecified atom stereocenters. The van der Waals surface area contributed by atoms with E-state index in [4.69, 9.17) is 4.98 Å². The topological polar surface area (TPSA) is 79.1 Å². The molecule has 2 aromatic heterocycles. The molecule has 5 rings (SSSR count). The second-order valence-electron chi connectivity index (χ2n) is 8.63. The molecule has 0 bridgehead atoms. The van der Waals surface area contributed by atoms with E-state index in [1.54, 1.807) is 30.9 Å². The fraction of sp³-hybridized carbons (Fsp3) is 0.320. The first kappa shape index (κ1) is 21.5. The minimum atomic E-state index is -0.253. The molecule has 2 N–H and O–H groups in total. The van der Waals surface area contributed by atoms with Crippen LogP contribution in [0.15, 0.2) is 61.2 Å². The van der Waals surface area contributed by atoms with Crippen LogP contribution in [-0.4, -0.2) is 48.7 Å². The average molecular weight is 447 g/mol. The molecule has 0 amide bonds. The van der Waals surface area contributed by atoms with Gasteiger partial charge in [-0.15, -0.1) is 0 Å². The van der Waals surface area contributed by atoms with Crippen LogP contribution in [0.1, 0.15) is 36.9 Å². The van der Waals surface area contributed by atoms with Crippen molar-refractivity contribution in [3.8, 4) is 5.82 Å². The molecule has 33 heavy (non-hydrogen) atoms. The van der Waals surface area contributed by atoms with Gasteiger partial charge in [0.05, 0.1) is 29.5 Å². The van der Waals surface area contributed by atoms with Crippen LogP contribution in [0.3, 0.4) is 0 Å². The summed E-state index contributed by atoms with van der Waals surface area (Å²) in [5, 5.41) is 13.1. The van der Waals surface area contributed by atoms with E-state index in [1.807, 2.05) is 17.6 Å². The van der Waals surface area contributed by atoms with Crippen LogP contribution < -0.4 is 5.32 Å². The standard InChI is InChI=1S/C25H27FN6O/c1-17(19-3-5-20(26)6-4-19)29-24-13-27-14-25(30-24)32-16-28-22-7-2-18(12-23(22)32)15-31-10-8-21(33)9-11-31/h2-7,12-14,16-17,21,33H,8-11,15H2,1H3,(H,29,30)/t17-/m0/s1. The Hall–Kier alpha value is -3.36. The number of aliphatic hydroxyl groups excluding tert-OH is 1. The van der Waals surface area contributed by atoms with E-state index in [-0.39, 0.29) is 18.0 Å². The fourth-order valence-electron chi connectivity index (χ4n) is 4.27. The highest BCUT2D eigenvalue weighted by molar-refractivity contribution is 5.77. The zero-order valence-electron chi connectivity index (χ0n) is 18.5. The Balaban J connectivity index is 1.37. The number of hydrogen-bond acceptors (Lipinski definition) is 6. The predicted octanol–water partition coefficient (Wildman–Crippen LogP) is 4.08. The smallest absolute Gasteiger partial charge is 0.159 e. The maximum atomic E-state index is 13.2. The van der Waals surface area contributed by atoms with Gasteiger partial charge in [0.25, 0.3) is 0 Å². The van der Waals surface area contributed by atoms with Gasteiger partial charge in [0.15, 0.2) is 5.82 Å². The molecule has 170 valence electrons. The lowest BCUT2D eigenvalue weighted by molar-refractivity contribution is 0.0792. The van der Waals surface area contributed by atoms with Gasteiger partial charge in [-0.1, -0.05) is 18.2 Å². The summed E-state index contributed by atoms with van der Waals surface area (Å²) < 4.78 is 15.2. The van der Waals surface area contributed by atoms with Crippen molar-refractivity contribution in [1.29, 1.82) is 0 Å². The second-order valence-corrected chi connectivity index (χ2v) is 8.63. The van der Waals surface area contributed by atoms with Crippen LogP contribution in [0.2, 0.25) is 0 Å². The maximum Gasteiger partial charge on any atom is 0.159 e. The number of fused-ring (bicyclic) bond motifs is 1. The SMILES string of the molecule is C[C@H](Nc1cncc(-n2cnc3ccc(CN4CCC(O)CC4)cc32)n1)c1ccc(F)cc1. The summed E-state index contributed by atoms with van der Waals surface area (Å²) in [5.41, 5.74) is 4.04. The molecular weight excluding hydrogens is 419 g/mol. The molecule has 0 spiro atoms. The van der Waals surface area contributed by atoms with E-state index in [0.717, 1.165) is 49.1 Å². The van der Waals surface area contributed by atoms with Crippen LogP contribution in [0, 0.1) is 5.82 Å². The number of imidazole rings is 1. The number of anilines is 1. The third-order valence-electron chi connectivity index (χ3n) is 6.18. The van der Waals surface area contributed by atoms with Crippen molar-refractivity contribution in [2.45, 2.75) is 38.5 Å². The third kappa shape index (κ3) is 4.86. The Morgan fingerprint density at radius 2 is 1.91 bits per heavy atom. The lowest BCUT2D eigenvalue weighted by atomic mass is 10.1. The minimum Gasteiger partial charge on any atom is -0.393 e. The predicted molar refractivity (Wildman–Crippen MR) is 126 cm³/mol.